The van der Waals surface area contributed by atoms with Gasteiger partial charge in [0.15, 0.2) is 23.3 Å². The average Bonchev–Trinajstić information content (AvgIpc) is 3.99. The standard InChI is InChI=1S/C58H38N6S/c1-58(2)44-27-15-12-25-41(44)49-45(58)32-31-40-39-24-13-16-28-46(39)64(52(40)49)47-33-30-38(56-59-50(35-18-6-3-7-19-35)53-51(60-56)42-26-14-17-29-48(42)65-53)34-43(47)57-62-54(36-20-8-4-9-21-36)61-55(63-57)37-22-10-5-11-23-37/h3-34H,1-2H3. The molecule has 4 aromatic heterocycles. The fourth-order valence-electron chi connectivity index (χ4n) is 9.98. The summed E-state index contributed by atoms with van der Waals surface area (Å²) >= 11 is 1.74. The third kappa shape index (κ3) is 5.82. The number of aromatic nitrogens is 6. The second-order valence-corrected chi connectivity index (χ2v) is 18.3. The van der Waals surface area contributed by atoms with E-state index in [1.165, 1.54) is 37.7 Å². The lowest BCUT2D eigenvalue weighted by Gasteiger charge is -2.21. The summed E-state index contributed by atoms with van der Waals surface area (Å²) in [4.78, 5) is 26.7. The van der Waals surface area contributed by atoms with Crippen LogP contribution in [-0.2, 0) is 5.41 Å². The van der Waals surface area contributed by atoms with Gasteiger partial charge in [-0.25, -0.2) is 24.9 Å². The third-order valence-electron chi connectivity index (χ3n) is 13.1. The highest BCUT2D eigenvalue weighted by Crippen LogP contribution is 2.53. The van der Waals surface area contributed by atoms with Crippen molar-refractivity contribution in [2.45, 2.75) is 19.3 Å². The number of nitrogens with zero attached hydrogens (tertiary/aromatic N) is 6. The molecule has 8 aromatic carbocycles. The van der Waals surface area contributed by atoms with Crippen LogP contribution in [0.25, 0.3) is 116 Å². The minimum Gasteiger partial charge on any atom is -0.308 e. The number of fused-ring (bicyclic) bond motifs is 10. The lowest BCUT2D eigenvalue weighted by molar-refractivity contribution is 0.661. The van der Waals surface area contributed by atoms with Crippen molar-refractivity contribution >= 4 is 53.4 Å². The largest absolute Gasteiger partial charge is 0.308 e. The van der Waals surface area contributed by atoms with Gasteiger partial charge in [0.1, 0.15) is 0 Å². The summed E-state index contributed by atoms with van der Waals surface area (Å²) in [6.07, 6.45) is 0. The SMILES string of the molecule is CC1(C)c2ccccc2-c2c1ccc1c3ccccc3n(-c3ccc(-c4nc(-c5ccccc5)c5sc6ccccc6c5n4)cc3-c3nc(-c4ccccc4)nc(-c4ccccc4)n3)c21. The second-order valence-electron chi connectivity index (χ2n) is 17.2. The molecule has 0 bridgehead atoms. The van der Waals surface area contributed by atoms with E-state index in [0.717, 1.165) is 65.8 Å². The van der Waals surface area contributed by atoms with E-state index < -0.39 is 0 Å². The van der Waals surface area contributed by atoms with E-state index in [1.54, 1.807) is 11.3 Å². The zero-order chi connectivity index (χ0) is 43.2. The van der Waals surface area contributed by atoms with Crippen LogP contribution >= 0.6 is 11.3 Å². The van der Waals surface area contributed by atoms with Gasteiger partial charge in [0, 0.05) is 59.7 Å². The third-order valence-corrected chi connectivity index (χ3v) is 14.2. The Labute approximate surface area is 379 Å². The van der Waals surface area contributed by atoms with E-state index >= 15 is 0 Å². The van der Waals surface area contributed by atoms with Gasteiger partial charge in [-0.2, -0.15) is 0 Å². The first-order valence-electron chi connectivity index (χ1n) is 21.9. The van der Waals surface area contributed by atoms with Crippen molar-refractivity contribution in [1.29, 1.82) is 0 Å². The van der Waals surface area contributed by atoms with Crippen LogP contribution in [0.15, 0.2) is 194 Å². The summed E-state index contributed by atoms with van der Waals surface area (Å²) in [6.45, 7) is 4.68. The molecular weight excluding hydrogens is 813 g/mol. The van der Waals surface area contributed by atoms with Crippen LogP contribution in [0.5, 0.6) is 0 Å². The smallest absolute Gasteiger partial charge is 0.166 e. The molecule has 306 valence electrons. The van der Waals surface area contributed by atoms with Crippen LogP contribution in [0.1, 0.15) is 25.0 Å². The van der Waals surface area contributed by atoms with Crippen molar-refractivity contribution < 1.29 is 0 Å². The monoisotopic (exact) mass is 850 g/mol. The Balaban J connectivity index is 1.15. The molecule has 0 fully saturated rings. The van der Waals surface area contributed by atoms with Crippen LogP contribution in [0.2, 0.25) is 0 Å². The molecule has 0 N–H and O–H groups in total. The molecule has 13 rings (SSSR count). The van der Waals surface area contributed by atoms with Crippen molar-refractivity contribution in [1.82, 2.24) is 29.5 Å². The summed E-state index contributed by atoms with van der Waals surface area (Å²) < 4.78 is 4.69. The van der Waals surface area contributed by atoms with Gasteiger partial charge in [0.2, 0.25) is 0 Å². The van der Waals surface area contributed by atoms with Gasteiger partial charge < -0.3 is 4.57 Å². The first-order chi connectivity index (χ1) is 32.0. The lowest BCUT2D eigenvalue weighted by Crippen LogP contribution is -2.14. The number of rotatable bonds is 6. The zero-order valence-corrected chi connectivity index (χ0v) is 36.4. The molecular formula is C58H38N6S. The van der Waals surface area contributed by atoms with E-state index in [2.05, 4.69) is 170 Å². The molecule has 0 atom stereocenters. The van der Waals surface area contributed by atoms with Crippen molar-refractivity contribution in [2.75, 3.05) is 0 Å². The number of hydrogen-bond donors (Lipinski definition) is 0. The van der Waals surface area contributed by atoms with Crippen LogP contribution < -0.4 is 0 Å². The van der Waals surface area contributed by atoms with E-state index in [0.29, 0.717) is 23.3 Å². The molecule has 6 nitrogen and oxygen atoms in total. The highest BCUT2D eigenvalue weighted by molar-refractivity contribution is 7.26. The Morgan fingerprint density at radius 3 is 1.77 bits per heavy atom. The van der Waals surface area contributed by atoms with E-state index in [9.17, 15) is 0 Å². The minimum atomic E-state index is -0.185. The predicted octanol–water partition coefficient (Wildman–Crippen LogP) is 14.8. The fraction of sp³-hybridized carbons (Fsp3) is 0.0517. The molecule has 1 aliphatic carbocycles. The molecule has 0 saturated heterocycles. The molecule has 0 aliphatic heterocycles. The number of thiophene rings is 1. The Kier molecular flexibility index (Phi) is 8.32. The molecule has 0 radical (unpaired) electrons. The molecule has 0 amide bonds. The highest BCUT2D eigenvalue weighted by atomic mass is 32.1. The van der Waals surface area contributed by atoms with Gasteiger partial charge in [-0.3, -0.25) is 0 Å². The lowest BCUT2D eigenvalue weighted by atomic mass is 9.82. The van der Waals surface area contributed by atoms with Crippen molar-refractivity contribution in [3.63, 3.8) is 0 Å². The van der Waals surface area contributed by atoms with Gasteiger partial charge in [-0.15, -0.1) is 11.3 Å². The Bertz CT molecular complexity index is 3800. The van der Waals surface area contributed by atoms with Gasteiger partial charge in [0.25, 0.3) is 0 Å². The molecule has 4 heterocycles. The van der Waals surface area contributed by atoms with Crippen LogP contribution in [0, 0.1) is 0 Å². The Hall–Kier alpha value is -8.13. The van der Waals surface area contributed by atoms with Gasteiger partial charge >= 0.3 is 0 Å². The van der Waals surface area contributed by atoms with Crippen molar-refractivity contribution in [3.05, 3.63) is 205 Å². The molecule has 1 aliphatic rings. The quantitative estimate of drug-likeness (QED) is 0.167. The van der Waals surface area contributed by atoms with Crippen LogP contribution in [-0.4, -0.2) is 29.5 Å². The Morgan fingerprint density at radius 2 is 1.03 bits per heavy atom. The van der Waals surface area contributed by atoms with Crippen molar-refractivity contribution in [3.8, 4) is 73.6 Å². The maximum absolute atomic E-state index is 5.42. The molecule has 0 saturated carbocycles. The van der Waals surface area contributed by atoms with Crippen molar-refractivity contribution in [2.24, 2.45) is 0 Å². The molecule has 0 spiro atoms. The summed E-state index contributed by atoms with van der Waals surface area (Å²) in [5, 5.41) is 3.49. The number of hydrogen-bond acceptors (Lipinski definition) is 6. The number of benzene rings is 8. The first-order valence-corrected chi connectivity index (χ1v) is 22.7. The van der Waals surface area contributed by atoms with Gasteiger partial charge in [-0.1, -0.05) is 178 Å². The summed E-state index contributed by atoms with van der Waals surface area (Å²) in [7, 11) is 0. The van der Waals surface area contributed by atoms with Crippen LogP contribution in [0.4, 0.5) is 0 Å². The average molecular weight is 851 g/mol. The van der Waals surface area contributed by atoms with E-state index in [4.69, 9.17) is 24.9 Å². The fourth-order valence-corrected chi connectivity index (χ4v) is 11.1. The molecule has 12 aromatic rings. The zero-order valence-electron chi connectivity index (χ0n) is 35.6. The maximum atomic E-state index is 5.42. The second kappa shape index (κ2) is 14.5. The molecule has 7 heteroatoms. The normalized spacial score (nSPS) is 12.9. The summed E-state index contributed by atoms with van der Waals surface area (Å²) in [5.41, 5.74) is 14.6. The minimum absolute atomic E-state index is 0.185. The molecule has 65 heavy (non-hydrogen) atoms. The van der Waals surface area contributed by atoms with E-state index in [1.807, 2.05) is 42.5 Å². The van der Waals surface area contributed by atoms with Crippen LogP contribution in [0.3, 0.4) is 0 Å². The summed E-state index contributed by atoms with van der Waals surface area (Å²) in [5.74, 6) is 2.38. The first kappa shape index (κ1) is 37.4. The topological polar surface area (TPSA) is 69.4 Å². The molecule has 0 unspecified atom stereocenters. The predicted molar refractivity (Wildman–Crippen MR) is 267 cm³/mol. The highest BCUT2D eigenvalue weighted by Gasteiger charge is 2.38. The maximum Gasteiger partial charge on any atom is 0.166 e. The Morgan fingerprint density at radius 1 is 0.431 bits per heavy atom. The van der Waals surface area contributed by atoms with Gasteiger partial charge in [0.05, 0.1) is 32.6 Å². The van der Waals surface area contributed by atoms with E-state index in [-0.39, 0.29) is 5.41 Å². The number of para-hydroxylation sites is 1. The van der Waals surface area contributed by atoms with Gasteiger partial charge in [-0.05, 0) is 47.0 Å². The summed E-state index contributed by atoms with van der Waals surface area (Å²) in [6, 6.07) is 68.2.